The maximum absolute atomic E-state index is 13.1. The van der Waals surface area contributed by atoms with Crippen molar-refractivity contribution in [2.24, 2.45) is 17.3 Å². The summed E-state index contributed by atoms with van der Waals surface area (Å²) in [5.74, 6) is -0.651. The fourth-order valence-electron chi connectivity index (χ4n) is 5.37. The van der Waals surface area contributed by atoms with Crippen molar-refractivity contribution in [3.63, 3.8) is 0 Å². The molecule has 0 aromatic heterocycles. The Morgan fingerprint density at radius 3 is 2.00 bits per heavy atom. The number of nitrogens with one attached hydrogen (secondary N) is 1. The number of amides is 1. The van der Waals surface area contributed by atoms with Gasteiger partial charge in [-0.1, -0.05) is 15.9 Å². The molecule has 4 saturated carbocycles. The Morgan fingerprint density at radius 2 is 1.56 bits per heavy atom. The third-order valence-corrected chi connectivity index (χ3v) is 6.72. The minimum absolute atomic E-state index is 0.0256. The number of esters is 2. The molecule has 0 spiro atoms. The zero-order valence-corrected chi connectivity index (χ0v) is 16.4. The van der Waals surface area contributed by atoms with Crippen molar-refractivity contribution in [3.05, 3.63) is 0 Å². The van der Waals surface area contributed by atoms with Gasteiger partial charge in [0.2, 0.25) is 11.9 Å². The number of halogens is 1. The Labute approximate surface area is 156 Å². The van der Waals surface area contributed by atoms with E-state index in [4.69, 9.17) is 9.47 Å². The van der Waals surface area contributed by atoms with Gasteiger partial charge in [0.25, 0.3) is 0 Å². The fourth-order valence-corrected chi connectivity index (χ4v) is 6.82. The molecule has 0 radical (unpaired) electrons. The summed E-state index contributed by atoms with van der Waals surface area (Å²) in [5, 5.41) is 2.65. The van der Waals surface area contributed by atoms with Crippen LogP contribution in [0.3, 0.4) is 0 Å². The second kappa shape index (κ2) is 6.89. The molecule has 0 aromatic rings. The summed E-state index contributed by atoms with van der Waals surface area (Å²) in [4.78, 5) is 37.4. The molecular weight excluding hydrogens is 390 g/mol. The van der Waals surface area contributed by atoms with Crippen LogP contribution in [0.2, 0.25) is 0 Å². The van der Waals surface area contributed by atoms with Crippen molar-refractivity contribution in [2.75, 3.05) is 13.2 Å². The van der Waals surface area contributed by atoms with E-state index in [0.717, 1.165) is 32.1 Å². The highest BCUT2D eigenvalue weighted by Crippen LogP contribution is 2.64. The first-order chi connectivity index (χ1) is 11.8. The Hall–Kier alpha value is -1.11. The minimum atomic E-state index is -1.38. The first-order valence-electron chi connectivity index (χ1n) is 9.14. The normalized spacial score (nSPS) is 35.5. The molecule has 140 valence electrons. The lowest BCUT2D eigenvalue weighted by atomic mass is 9.49. The van der Waals surface area contributed by atoms with E-state index in [1.165, 1.54) is 6.42 Å². The summed E-state index contributed by atoms with van der Waals surface area (Å²) in [6, 6.07) is -1.38. The first-order valence-corrected chi connectivity index (χ1v) is 9.93. The maximum Gasteiger partial charge on any atom is 0.340 e. The number of hydrogen-bond donors (Lipinski definition) is 1. The zero-order chi connectivity index (χ0) is 18.2. The van der Waals surface area contributed by atoms with E-state index in [9.17, 15) is 14.4 Å². The molecule has 1 N–H and O–H groups in total. The van der Waals surface area contributed by atoms with Gasteiger partial charge >= 0.3 is 11.9 Å². The third-order valence-electron chi connectivity index (χ3n) is 5.79. The van der Waals surface area contributed by atoms with E-state index in [1.54, 1.807) is 13.8 Å². The molecule has 4 aliphatic carbocycles. The van der Waals surface area contributed by atoms with E-state index in [1.807, 2.05) is 0 Å². The van der Waals surface area contributed by atoms with Crippen LogP contribution in [0.1, 0.15) is 52.4 Å². The molecule has 0 aromatic carbocycles. The molecule has 7 heteroatoms. The minimum Gasteiger partial charge on any atom is -0.464 e. The van der Waals surface area contributed by atoms with E-state index in [0.29, 0.717) is 11.8 Å². The molecular formula is C18H26BrNO5. The van der Waals surface area contributed by atoms with Gasteiger partial charge < -0.3 is 14.8 Å². The predicted molar refractivity (Wildman–Crippen MR) is 94.0 cm³/mol. The van der Waals surface area contributed by atoms with Crippen LogP contribution in [0, 0.1) is 17.3 Å². The average molecular weight is 416 g/mol. The molecule has 2 unspecified atom stereocenters. The fraction of sp³-hybridized carbons (Fsp3) is 0.833. The molecule has 6 nitrogen and oxygen atoms in total. The molecule has 0 heterocycles. The van der Waals surface area contributed by atoms with Crippen molar-refractivity contribution in [2.45, 2.75) is 62.7 Å². The molecule has 1 amide bonds. The van der Waals surface area contributed by atoms with Crippen LogP contribution in [0.15, 0.2) is 0 Å². The number of alkyl halides is 1. The van der Waals surface area contributed by atoms with E-state index in [2.05, 4.69) is 21.2 Å². The van der Waals surface area contributed by atoms with Crippen LogP contribution in [-0.4, -0.2) is 41.4 Å². The monoisotopic (exact) mass is 415 g/mol. The lowest BCUT2D eigenvalue weighted by Gasteiger charge is -2.59. The van der Waals surface area contributed by atoms with E-state index >= 15 is 0 Å². The summed E-state index contributed by atoms with van der Waals surface area (Å²) in [7, 11) is 0. The van der Waals surface area contributed by atoms with Crippen LogP contribution in [0.4, 0.5) is 0 Å². The molecule has 4 fully saturated rings. The summed E-state index contributed by atoms with van der Waals surface area (Å²) >= 11 is 3.87. The van der Waals surface area contributed by atoms with Gasteiger partial charge in [-0.25, -0.2) is 9.59 Å². The van der Waals surface area contributed by atoms with Gasteiger partial charge in [-0.15, -0.1) is 0 Å². The Bertz CT molecular complexity index is 546. The van der Waals surface area contributed by atoms with Gasteiger partial charge in [0.15, 0.2) is 0 Å². The van der Waals surface area contributed by atoms with Gasteiger partial charge in [-0.3, -0.25) is 4.79 Å². The maximum atomic E-state index is 13.1. The number of hydrogen-bond acceptors (Lipinski definition) is 5. The summed E-state index contributed by atoms with van der Waals surface area (Å²) in [5.41, 5.74) is -0.495. The Morgan fingerprint density at radius 1 is 1.04 bits per heavy atom. The second-order valence-electron chi connectivity index (χ2n) is 7.80. The highest BCUT2D eigenvalue weighted by Gasteiger charge is 2.60. The third kappa shape index (κ3) is 3.57. The van der Waals surface area contributed by atoms with Gasteiger partial charge in [-0.2, -0.15) is 0 Å². The average Bonchev–Trinajstić information content (AvgIpc) is 2.50. The quantitative estimate of drug-likeness (QED) is 0.408. The number of carbonyl (C=O) groups is 3. The van der Waals surface area contributed by atoms with Crippen molar-refractivity contribution in [3.8, 4) is 0 Å². The van der Waals surface area contributed by atoms with Crippen LogP contribution >= 0.6 is 15.9 Å². The molecule has 4 rings (SSSR count). The molecule has 25 heavy (non-hydrogen) atoms. The smallest absolute Gasteiger partial charge is 0.340 e. The van der Waals surface area contributed by atoms with Crippen molar-refractivity contribution >= 4 is 33.8 Å². The van der Waals surface area contributed by atoms with Crippen molar-refractivity contribution in [1.29, 1.82) is 0 Å². The van der Waals surface area contributed by atoms with Gasteiger partial charge in [0.1, 0.15) is 0 Å². The Kier molecular flexibility index (Phi) is 5.15. The summed E-state index contributed by atoms with van der Waals surface area (Å²) < 4.78 is 9.92. The topological polar surface area (TPSA) is 81.7 Å². The van der Waals surface area contributed by atoms with Crippen LogP contribution in [0.25, 0.3) is 0 Å². The van der Waals surface area contributed by atoms with Gasteiger partial charge in [0, 0.05) is 4.32 Å². The van der Waals surface area contributed by atoms with Crippen LogP contribution < -0.4 is 5.32 Å². The van der Waals surface area contributed by atoms with Gasteiger partial charge in [-0.05, 0) is 64.2 Å². The number of carbonyl (C=O) groups excluding carboxylic acids is 3. The van der Waals surface area contributed by atoms with Gasteiger partial charge in [0.05, 0.1) is 18.6 Å². The molecule has 4 bridgehead atoms. The molecule has 4 aliphatic rings. The van der Waals surface area contributed by atoms with E-state index < -0.39 is 23.4 Å². The molecule has 0 aliphatic heterocycles. The lowest BCUT2D eigenvalue weighted by molar-refractivity contribution is -0.162. The Balaban J connectivity index is 1.77. The standard InChI is InChI=1S/C18H26BrNO5/c1-3-24-14(21)13(15(22)25-4-2)20-16(23)17-6-11-5-12(7-17)9-18(19,8-11)10-17/h11-13H,3-10H2,1-2H3,(H,20,23). The van der Waals surface area contributed by atoms with Crippen molar-refractivity contribution < 1.29 is 23.9 Å². The molecule has 2 atom stereocenters. The molecule has 0 saturated heterocycles. The number of rotatable bonds is 6. The lowest BCUT2D eigenvalue weighted by Crippen LogP contribution is -2.61. The number of ether oxygens (including phenoxy) is 2. The summed E-state index contributed by atoms with van der Waals surface area (Å²) in [6.45, 7) is 3.61. The zero-order valence-electron chi connectivity index (χ0n) is 14.8. The van der Waals surface area contributed by atoms with Crippen LogP contribution in [-0.2, 0) is 23.9 Å². The highest BCUT2D eigenvalue weighted by molar-refractivity contribution is 9.10. The van der Waals surface area contributed by atoms with E-state index in [-0.39, 0.29) is 23.4 Å². The summed E-state index contributed by atoms with van der Waals surface area (Å²) in [6.07, 6.45) is 5.83. The van der Waals surface area contributed by atoms with Crippen molar-refractivity contribution in [1.82, 2.24) is 5.32 Å². The largest absolute Gasteiger partial charge is 0.464 e. The van der Waals surface area contributed by atoms with Crippen LogP contribution in [0.5, 0.6) is 0 Å². The first kappa shape index (κ1) is 18.7. The predicted octanol–water partition coefficient (Wildman–Crippen LogP) is 2.33. The highest BCUT2D eigenvalue weighted by atomic mass is 79.9. The second-order valence-corrected chi connectivity index (χ2v) is 9.49. The SMILES string of the molecule is CCOC(=O)C(NC(=O)C12CC3CC(CC(Br)(C3)C1)C2)C(=O)OCC.